The van der Waals surface area contributed by atoms with E-state index in [4.69, 9.17) is 4.74 Å². The van der Waals surface area contributed by atoms with Crippen LogP contribution in [-0.4, -0.2) is 19.1 Å². The first-order valence-corrected chi connectivity index (χ1v) is 10.5. The van der Waals surface area contributed by atoms with Crippen molar-refractivity contribution >= 4 is 34.8 Å². The van der Waals surface area contributed by atoms with E-state index in [0.29, 0.717) is 6.42 Å². The monoisotopic (exact) mass is 388 g/mol. The number of thioether (sulfide) groups is 1. The van der Waals surface area contributed by atoms with Gasteiger partial charge in [-0.25, -0.2) is 0 Å². The molecule has 0 unspecified atom stereocenters. The quantitative estimate of drug-likeness (QED) is 0.532. The number of rotatable bonds is 6. The van der Waals surface area contributed by atoms with Crippen molar-refractivity contribution in [1.82, 2.24) is 0 Å². The number of carbonyl (C=O) groups is 1. The number of carbonyl (C=O) groups excluding carboxylic acids is 1. The number of hydrogen-bond acceptors (Lipinski definition) is 3. The molecule has 0 aliphatic heterocycles. The lowest BCUT2D eigenvalue weighted by atomic mass is 9.94. The Kier molecular flexibility index (Phi) is 5.10. The fraction of sp³-hybridized carbons (Fsp3) is 0.160. The summed E-state index contributed by atoms with van der Waals surface area (Å²) in [6.45, 7) is 2.11. The molecule has 2 aliphatic rings. The summed E-state index contributed by atoms with van der Waals surface area (Å²) in [6, 6.07) is 14.7. The number of benzene rings is 2. The molecule has 0 bridgehead atoms. The highest BCUT2D eigenvalue weighted by atomic mass is 32.2. The van der Waals surface area contributed by atoms with E-state index in [1.165, 1.54) is 10.5 Å². The number of allylic oxidation sites excluding steroid dienone is 7. The van der Waals surface area contributed by atoms with E-state index >= 15 is 0 Å². The Balaban J connectivity index is 0.00000240. The minimum Gasteiger partial charge on any atom is -0.497 e. The number of methoxy groups -OCH3 is 1. The maximum absolute atomic E-state index is 12.6. The lowest BCUT2D eigenvalue weighted by Gasteiger charge is -2.10. The second-order valence-electron chi connectivity index (χ2n) is 6.93. The summed E-state index contributed by atoms with van der Waals surface area (Å²) in [5, 5.41) is 0. The Morgan fingerprint density at radius 1 is 1.14 bits per heavy atom. The average molecular weight is 389 g/mol. The lowest BCUT2D eigenvalue weighted by molar-refractivity contribution is -0.114. The SMILES string of the molecule is COc1ccc2c(c1)C(CC(=O)C1=CC=C1)=C(C)/C2=C/c1ccc(SC)cc1.[HH]. The van der Waals surface area contributed by atoms with Gasteiger partial charge in [0, 0.05) is 18.3 Å². The van der Waals surface area contributed by atoms with Crippen LogP contribution >= 0.6 is 11.8 Å². The minimum atomic E-state index is 0. The van der Waals surface area contributed by atoms with Crippen LogP contribution < -0.4 is 4.74 Å². The molecular weight excluding hydrogens is 364 g/mol. The van der Waals surface area contributed by atoms with Crippen LogP contribution in [0.4, 0.5) is 0 Å². The van der Waals surface area contributed by atoms with Gasteiger partial charge >= 0.3 is 0 Å². The predicted octanol–water partition coefficient (Wildman–Crippen LogP) is 6.45. The maximum Gasteiger partial charge on any atom is 0.167 e. The summed E-state index contributed by atoms with van der Waals surface area (Å²) in [5.41, 5.74) is 7.65. The summed E-state index contributed by atoms with van der Waals surface area (Å²) < 4.78 is 5.43. The zero-order chi connectivity index (χ0) is 19.7. The first-order valence-electron chi connectivity index (χ1n) is 9.27. The van der Waals surface area contributed by atoms with Crippen molar-refractivity contribution in [3.63, 3.8) is 0 Å². The lowest BCUT2D eigenvalue weighted by Crippen LogP contribution is -2.05. The van der Waals surface area contributed by atoms with E-state index in [1.807, 2.05) is 30.4 Å². The number of Topliss-reactive ketones (excluding diaryl/α,β-unsaturated/α-hetero) is 1. The Morgan fingerprint density at radius 2 is 1.89 bits per heavy atom. The van der Waals surface area contributed by atoms with Crippen LogP contribution in [0.5, 0.6) is 5.75 Å². The van der Waals surface area contributed by atoms with Crippen LogP contribution in [0.25, 0.3) is 17.2 Å². The summed E-state index contributed by atoms with van der Waals surface area (Å²) in [7, 11) is 1.67. The highest BCUT2D eigenvalue weighted by Gasteiger charge is 2.26. The molecule has 2 aliphatic carbocycles. The molecule has 0 amide bonds. The minimum absolute atomic E-state index is 0. The van der Waals surface area contributed by atoms with E-state index in [0.717, 1.165) is 39.2 Å². The molecular formula is C25H24O2S. The van der Waals surface area contributed by atoms with Crippen LogP contribution in [-0.2, 0) is 4.79 Å². The highest BCUT2D eigenvalue weighted by Crippen LogP contribution is 2.45. The van der Waals surface area contributed by atoms with Gasteiger partial charge in [0.15, 0.2) is 5.78 Å². The molecule has 0 aromatic heterocycles. The van der Waals surface area contributed by atoms with Gasteiger partial charge in [0.2, 0.25) is 0 Å². The number of fused-ring (bicyclic) bond motifs is 1. The molecule has 2 aromatic rings. The molecule has 0 saturated carbocycles. The fourth-order valence-corrected chi connectivity index (χ4v) is 4.03. The van der Waals surface area contributed by atoms with Gasteiger partial charge in [-0.05, 0) is 76.9 Å². The van der Waals surface area contributed by atoms with Gasteiger partial charge in [0.05, 0.1) is 7.11 Å². The predicted molar refractivity (Wildman–Crippen MR) is 121 cm³/mol. The van der Waals surface area contributed by atoms with Crippen molar-refractivity contribution in [2.75, 3.05) is 13.4 Å². The first-order chi connectivity index (χ1) is 13.6. The molecule has 142 valence electrons. The van der Waals surface area contributed by atoms with Crippen LogP contribution in [0.15, 0.2) is 76.7 Å². The molecule has 0 radical (unpaired) electrons. The summed E-state index contributed by atoms with van der Waals surface area (Å²) in [6.07, 6.45) is 10.4. The third kappa shape index (κ3) is 3.38. The van der Waals surface area contributed by atoms with Crippen LogP contribution in [0.2, 0.25) is 0 Å². The van der Waals surface area contributed by atoms with Gasteiger partial charge in [-0.15, -0.1) is 11.8 Å². The molecule has 0 spiro atoms. The fourth-order valence-electron chi connectivity index (χ4n) is 3.62. The van der Waals surface area contributed by atoms with Crippen LogP contribution in [0, 0.1) is 0 Å². The molecule has 0 N–H and O–H groups in total. The van der Waals surface area contributed by atoms with Crippen LogP contribution in [0.1, 0.15) is 31.5 Å². The van der Waals surface area contributed by atoms with E-state index in [-0.39, 0.29) is 7.21 Å². The molecule has 0 atom stereocenters. The standard InChI is InChI=1S/C25H22O2S.H2/c1-16-22(13-17-7-10-20(28-3)11-8-17)21-12-9-19(27-2)14-24(21)23(16)15-25(26)18-5-4-6-18;/h4-14H,15H2,1-3H3;1H/b22-13-;. The second-order valence-corrected chi connectivity index (χ2v) is 7.81. The zero-order valence-electron chi connectivity index (χ0n) is 16.3. The third-order valence-electron chi connectivity index (χ3n) is 5.34. The van der Waals surface area contributed by atoms with E-state index < -0.39 is 0 Å². The van der Waals surface area contributed by atoms with Gasteiger partial charge < -0.3 is 4.74 Å². The van der Waals surface area contributed by atoms with Crippen molar-refractivity contribution in [3.8, 4) is 5.75 Å². The summed E-state index contributed by atoms with van der Waals surface area (Å²) in [5.74, 6) is 0.973. The van der Waals surface area contributed by atoms with Crippen molar-refractivity contribution in [2.24, 2.45) is 0 Å². The number of ether oxygens (including phenoxy) is 1. The molecule has 0 saturated heterocycles. The summed E-state index contributed by atoms with van der Waals surface area (Å²) >= 11 is 1.74. The van der Waals surface area contributed by atoms with E-state index in [9.17, 15) is 4.79 Å². The molecule has 4 rings (SSSR count). The van der Waals surface area contributed by atoms with Gasteiger partial charge in [-0.2, -0.15) is 0 Å². The van der Waals surface area contributed by atoms with Gasteiger partial charge in [-0.3, -0.25) is 4.79 Å². The maximum atomic E-state index is 12.6. The zero-order valence-corrected chi connectivity index (χ0v) is 17.1. The third-order valence-corrected chi connectivity index (χ3v) is 6.08. The average Bonchev–Trinajstić information content (AvgIpc) is 2.92. The largest absolute Gasteiger partial charge is 0.497 e. The van der Waals surface area contributed by atoms with E-state index in [1.54, 1.807) is 18.9 Å². The Morgan fingerprint density at radius 3 is 2.50 bits per heavy atom. The van der Waals surface area contributed by atoms with Gasteiger partial charge in [-0.1, -0.05) is 36.4 Å². The topological polar surface area (TPSA) is 26.3 Å². The Hall–Kier alpha value is -2.78. The molecule has 2 nitrogen and oxygen atoms in total. The first kappa shape index (κ1) is 18.6. The number of ketones is 1. The van der Waals surface area contributed by atoms with Gasteiger partial charge in [0.25, 0.3) is 0 Å². The normalized spacial score (nSPS) is 16.1. The molecule has 0 fully saturated rings. The number of hydrogen-bond donors (Lipinski definition) is 0. The molecule has 28 heavy (non-hydrogen) atoms. The molecule has 2 aromatic carbocycles. The highest BCUT2D eigenvalue weighted by molar-refractivity contribution is 7.98. The van der Waals surface area contributed by atoms with Crippen LogP contribution in [0.3, 0.4) is 0 Å². The van der Waals surface area contributed by atoms with Crippen molar-refractivity contribution < 1.29 is 11.0 Å². The Labute approximate surface area is 171 Å². The molecule has 0 heterocycles. The van der Waals surface area contributed by atoms with Crippen molar-refractivity contribution in [2.45, 2.75) is 18.2 Å². The summed E-state index contributed by atoms with van der Waals surface area (Å²) in [4.78, 5) is 13.9. The van der Waals surface area contributed by atoms with E-state index in [2.05, 4.69) is 49.6 Å². The van der Waals surface area contributed by atoms with Gasteiger partial charge in [0.1, 0.15) is 5.75 Å². The van der Waals surface area contributed by atoms with Crippen molar-refractivity contribution in [3.05, 3.63) is 88.5 Å². The Bertz CT molecular complexity index is 1070. The smallest absolute Gasteiger partial charge is 0.167 e. The second kappa shape index (κ2) is 7.69. The van der Waals surface area contributed by atoms with Crippen molar-refractivity contribution in [1.29, 1.82) is 0 Å². The molecule has 3 heteroatoms.